The van der Waals surface area contributed by atoms with Gasteiger partial charge in [0, 0.05) is 0 Å². The molecule has 1 aromatic carbocycles. The lowest BCUT2D eigenvalue weighted by atomic mass is 10.1. The van der Waals surface area contributed by atoms with E-state index in [-0.39, 0.29) is 5.04 Å². The molecule has 0 radical (unpaired) electrons. The largest absolute Gasteiger partial charge is 0.542 e. The van der Waals surface area contributed by atoms with Crippen molar-refractivity contribution in [2.24, 2.45) is 0 Å². The van der Waals surface area contributed by atoms with Crippen LogP contribution >= 0.6 is 0 Å². The van der Waals surface area contributed by atoms with Crippen LogP contribution in [0.15, 0.2) is 42.2 Å². The predicted molar refractivity (Wildman–Crippen MR) is 82.6 cm³/mol. The van der Waals surface area contributed by atoms with Crippen LogP contribution in [0.2, 0.25) is 18.1 Å². The molecule has 0 aliphatic rings. The molecule has 3 heteroatoms. The molecule has 0 unspecified atom stereocenters. The molecule has 0 heterocycles. The first-order valence-corrected chi connectivity index (χ1v) is 9.55. The van der Waals surface area contributed by atoms with Crippen LogP contribution in [0.25, 0.3) is 0 Å². The zero-order chi connectivity index (χ0) is 14.5. The van der Waals surface area contributed by atoms with E-state index in [4.69, 9.17) is 4.43 Å². The molecule has 0 spiro atoms. The molecule has 1 rings (SSSR count). The second-order valence-electron chi connectivity index (χ2n) is 6.28. The van der Waals surface area contributed by atoms with E-state index in [1.807, 2.05) is 36.4 Å². The Labute approximate surface area is 117 Å². The van der Waals surface area contributed by atoms with Gasteiger partial charge in [0.1, 0.15) is 5.76 Å². The normalized spacial score (nSPS) is 13.2. The number of allylic oxidation sites excluding steroid dienone is 2. The molecule has 2 nitrogen and oxygen atoms in total. The summed E-state index contributed by atoms with van der Waals surface area (Å²) < 4.78 is 6.01. The smallest absolute Gasteiger partial charge is 0.250 e. The summed E-state index contributed by atoms with van der Waals surface area (Å²) in [4.78, 5) is 11.2. The number of carbonyl (C=O) groups is 1. The maximum atomic E-state index is 11.2. The summed E-state index contributed by atoms with van der Waals surface area (Å²) >= 11 is 0. The third-order valence-electron chi connectivity index (χ3n) is 3.68. The van der Waals surface area contributed by atoms with Crippen LogP contribution in [-0.2, 0) is 15.6 Å². The summed E-state index contributed by atoms with van der Waals surface area (Å²) in [5.74, 6) is 0.468. The fraction of sp³-hybridized carbons (Fsp3) is 0.438. The minimum atomic E-state index is -1.93. The topological polar surface area (TPSA) is 26.3 Å². The van der Waals surface area contributed by atoms with Crippen molar-refractivity contribution >= 4 is 14.6 Å². The van der Waals surface area contributed by atoms with Gasteiger partial charge >= 0.3 is 0 Å². The molecule has 0 fully saturated rings. The van der Waals surface area contributed by atoms with Crippen molar-refractivity contribution in [3.05, 3.63) is 47.7 Å². The summed E-state index contributed by atoms with van der Waals surface area (Å²) in [5, 5.41) is 0.0991. The first-order chi connectivity index (χ1) is 8.76. The summed E-state index contributed by atoms with van der Waals surface area (Å²) in [6.45, 7) is 10.8. The molecule has 19 heavy (non-hydrogen) atoms. The maximum Gasteiger partial charge on any atom is 0.250 e. The van der Waals surface area contributed by atoms with Gasteiger partial charge in [0.25, 0.3) is 8.32 Å². The van der Waals surface area contributed by atoms with Gasteiger partial charge < -0.3 is 4.43 Å². The number of hydrogen-bond donors (Lipinski definition) is 0. The van der Waals surface area contributed by atoms with Crippen molar-refractivity contribution in [1.29, 1.82) is 0 Å². The van der Waals surface area contributed by atoms with Crippen molar-refractivity contribution in [1.82, 2.24) is 0 Å². The minimum absolute atomic E-state index is 0.0991. The van der Waals surface area contributed by atoms with Crippen molar-refractivity contribution in [2.45, 2.75) is 45.3 Å². The Balaban J connectivity index is 2.76. The van der Waals surface area contributed by atoms with Gasteiger partial charge in [-0.25, -0.2) is 0 Å². The highest BCUT2D eigenvalue weighted by atomic mass is 28.4. The lowest BCUT2D eigenvalue weighted by Crippen LogP contribution is -2.40. The van der Waals surface area contributed by atoms with E-state index in [9.17, 15) is 4.79 Å². The van der Waals surface area contributed by atoms with E-state index >= 15 is 0 Å². The summed E-state index contributed by atoms with van der Waals surface area (Å²) in [6.07, 6.45) is 3.43. The monoisotopic (exact) mass is 276 g/mol. The third kappa shape index (κ3) is 4.67. The van der Waals surface area contributed by atoms with E-state index in [1.165, 1.54) is 5.56 Å². The average Bonchev–Trinajstić information content (AvgIpc) is 2.34. The lowest BCUT2D eigenvalue weighted by molar-refractivity contribution is -0.106. The standard InChI is InChI=1S/C16H24O2Si/c1-16(2,3)19(4,5)18-15(13-17)12-11-14-9-7-6-8-10-14/h6-10,12-13H,11H2,1-5H3/b15-12-. The highest BCUT2D eigenvalue weighted by Gasteiger charge is 2.39. The Kier molecular flexibility index (Phi) is 5.12. The van der Waals surface area contributed by atoms with Gasteiger partial charge in [-0.1, -0.05) is 51.1 Å². The Morgan fingerprint density at radius 1 is 1.21 bits per heavy atom. The Morgan fingerprint density at radius 3 is 2.26 bits per heavy atom. The molecule has 104 valence electrons. The molecule has 0 aromatic heterocycles. The fourth-order valence-electron chi connectivity index (χ4n) is 1.39. The zero-order valence-electron chi connectivity index (χ0n) is 12.6. The van der Waals surface area contributed by atoms with Crippen LogP contribution in [0.1, 0.15) is 26.3 Å². The number of benzene rings is 1. The molecular formula is C16H24O2Si. The van der Waals surface area contributed by atoms with E-state index in [0.29, 0.717) is 5.76 Å². The van der Waals surface area contributed by atoms with Crippen LogP contribution in [0.5, 0.6) is 0 Å². The van der Waals surface area contributed by atoms with Crippen molar-refractivity contribution in [3.8, 4) is 0 Å². The van der Waals surface area contributed by atoms with Gasteiger partial charge in [0.2, 0.25) is 0 Å². The summed E-state index contributed by atoms with van der Waals surface area (Å²) in [7, 11) is -1.93. The lowest BCUT2D eigenvalue weighted by Gasteiger charge is -2.36. The Morgan fingerprint density at radius 2 is 1.79 bits per heavy atom. The quantitative estimate of drug-likeness (QED) is 0.346. The fourth-order valence-corrected chi connectivity index (χ4v) is 2.42. The van der Waals surface area contributed by atoms with Gasteiger partial charge in [-0.3, -0.25) is 4.79 Å². The Hall–Kier alpha value is -1.35. The Bertz CT molecular complexity index is 442. The number of rotatable bonds is 5. The van der Waals surface area contributed by atoms with E-state index in [0.717, 1.165) is 12.7 Å². The first kappa shape index (κ1) is 15.7. The highest BCUT2D eigenvalue weighted by Crippen LogP contribution is 2.37. The van der Waals surface area contributed by atoms with Crippen LogP contribution in [0.4, 0.5) is 0 Å². The van der Waals surface area contributed by atoms with Crippen LogP contribution in [0.3, 0.4) is 0 Å². The third-order valence-corrected chi connectivity index (χ3v) is 8.04. The molecule has 0 atom stereocenters. The van der Waals surface area contributed by atoms with Crippen LogP contribution in [0, 0.1) is 0 Å². The van der Waals surface area contributed by atoms with E-state index in [2.05, 4.69) is 33.9 Å². The second kappa shape index (κ2) is 6.20. The number of carbonyl (C=O) groups excluding carboxylic acids is 1. The second-order valence-corrected chi connectivity index (χ2v) is 11.0. The SMILES string of the molecule is CC(C)(C)[Si](C)(C)O/C(C=O)=C\Cc1ccccc1. The molecule has 0 saturated heterocycles. The van der Waals surface area contributed by atoms with Crippen molar-refractivity contribution < 1.29 is 9.22 Å². The number of hydrogen-bond acceptors (Lipinski definition) is 2. The summed E-state index contributed by atoms with van der Waals surface area (Å²) in [6, 6.07) is 10.1. The zero-order valence-corrected chi connectivity index (χ0v) is 13.6. The molecule has 0 amide bonds. The molecule has 0 N–H and O–H groups in total. The van der Waals surface area contributed by atoms with E-state index in [1.54, 1.807) is 0 Å². The van der Waals surface area contributed by atoms with Gasteiger partial charge in [-0.05, 0) is 36.2 Å². The molecule has 0 saturated carbocycles. The number of aldehydes is 1. The van der Waals surface area contributed by atoms with Crippen LogP contribution in [-0.4, -0.2) is 14.6 Å². The van der Waals surface area contributed by atoms with Crippen molar-refractivity contribution in [2.75, 3.05) is 0 Å². The van der Waals surface area contributed by atoms with Crippen LogP contribution < -0.4 is 0 Å². The molecule has 0 bridgehead atoms. The average molecular weight is 276 g/mol. The highest BCUT2D eigenvalue weighted by molar-refractivity contribution is 6.74. The molecule has 1 aromatic rings. The van der Waals surface area contributed by atoms with Gasteiger partial charge in [-0.15, -0.1) is 0 Å². The molecule has 0 aliphatic carbocycles. The van der Waals surface area contributed by atoms with Gasteiger partial charge in [-0.2, -0.15) is 0 Å². The molecule has 0 aliphatic heterocycles. The maximum absolute atomic E-state index is 11.2. The van der Waals surface area contributed by atoms with E-state index < -0.39 is 8.32 Å². The predicted octanol–water partition coefficient (Wildman–Crippen LogP) is 4.33. The van der Waals surface area contributed by atoms with Gasteiger partial charge in [0.15, 0.2) is 6.29 Å². The molecular weight excluding hydrogens is 252 g/mol. The first-order valence-electron chi connectivity index (χ1n) is 6.64. The summed E-state index contributed by atoms with van der Waals surface area (Å²) in [5.41, 5.74) is 1.18. The van der Waals surface area contributed by atoms with Crippen molar-refractivity contribution in [3.63, 3.8) is 0 Å². The minimum Gasteiger partial charge on any atom is -0.542 e. The van der Waals surface area contributed by atoms with Gasteiger partial charge in [0.05, 0.1) is 0 Å².